The summed E-state index contributed by atoms with van der Waals surface area (Å²) in [6, 6.07) is 19.8. The molecule has 1 fully saturated rings. The second-order valence-electron chi connectivity index (χ2n) is 8.09. The molecule has 0 aromatic heterocycles. The van der Waals surface area contributed by atoms with Crippen LogP contribution in [0.15, 0.2) is 66.7 Å². The lowest BCUT2D eigenvalue weighted by molar-refractivity contribution is 0.0628. The molecule has 166 valence electrons. The highest BCUT2D eigenvalue weighted by Gasteiger charge is 2.22. The Morgan fingerprint density at radius 3 is 2.41 bits per heavy atom. The van der Waals surface area contributed by atoms with E-state index in [1.165, 1.54) is 6.07 Å². The lowest BCUT2D eigenvalue weighted by atomic mass is 10.1. The predicted molar refractivity (Wildman–Crippen MR) is 125 cm³/mol. The third kappa shape index (κ3) is 5.67. The van der Waals surface area contributed by atoms with Gasteiger partial charge in [-0.15, -0.1) is 0 Å². The molecule has 4 nitrogen and oxygen atoms in total. The topological polar surface area (TPSA) is 32.8 Å². The van der Waals surface area contributed by atoms with E-state index in [9.17, 15) is 9.18 Å². The molecule has 0 radical (unpaired) electrons. The second-order valence-corrected chi connectivity index (χ2v) is 8.50. The maximum atomic E-state index is 13.4. The summed E-state index contributed by atoms with van der Waals surface area (Å²) in [4.78, 5) is 17.0. The lowest BCUT2D eigenvalue weighted by Crippen LogP contribution is -2.48. The molecular weight excluding hydrogens is 427 g/mol. The van der Waals surface area contributed by atoms with E-state index in [0.717, 1.165) is 40.6 Å². The number of piperazine rings is 1. The van der Waals surface area contributed by atoms with E-state index in [-0.39, 0.29) is 11.7 Å². The van der Waals surface area contributed by atoms with E-state index in [2.05, 4.69) is 4.90 Å². The third-order valence-corrected chi connectivity index (χ3v) is 6.11. The summed E-state index contributed by atoms with van der Waals surface area (Å²) in [7, 11) is 0. The van der Waals surface area contributed by atoms with Gasteiger partial charge in [-0.25, -0.2) is 4.39 Å². The maximum absolute atomic E-state index is 13.4. The number of carbonyl (C=O) groups excluding carboxylic acids is 1. The predicted octanol–water partition coefficient (Wildman–Crippen LogP) is 5.32. The highest BCUT2D eigenvalue weighted by Crippen LogP contribution is 2.22. The molecule has 0 aliphatic carbocycles. The van der Waals surface area contributed by atoms with Crippen LogP contribution in [0.3, 0.4) is 0 Å². The van der Waals surface area contributed by atoms with Crippen molar-refractivity contribution in [3.63, 3.8) is 0 Å². The monoisotopic (exact) mass is 452 g/mol. The summed E-state index contributed by atoms with van der Waals surface area (Å²) in [5.74, 6) is 0.591. The molecular formula is C26H26ClFN2O2. The number of amides is 1. The minimum absolute atomic E-state index is 0.0381. The molecule has 0 unspecified atom stereocenters. The largest absolute Gasteiger partial charge is 0.489 e. The van der Waals surface area contributed by atoms with Crippen LogP contribution in [0.4, 0.5) is 4.39 Å². The molecule has 0 spiro atoms. The van der Waals surface area contributed by atoms with E-state index in [1.54, 1.807) is 12.1 Å². The van der Waals surface area contributed by atoms with Crippen molar-refractivity contribution in [1.82, 2.24) is 9.80 Å². The minimum atomic E-state index is -0.214. The van der Waals surface area contributed by atoms with Crippen LogP contribution < -0.4 is 4.74 Å². The lowest BCUT2D eigenvalue weighted by Gasteiger charge is -2.34. The number of rotatable bonds is 6. The van der Waals surface area contributed by atoms with Crippen LogP contribution in [0, 0.1) is 12.7 Å². The van der Waals surface area contributed by atoms with Crippen LogP contribution in [-0.4, -0.2) is 41.9 Å². The van der Waals surface area contributed by atoms with Crippen molar-refractivity contribution < 1.29 is 13.9 Å². The first kappa shape index (κ1) is 22.3. The van der Waals surface area contributed by atoms with Gasteiger partial charge in [0.2, 0.25) is 0 Å². The zero-order valence-electron chi connectivity index (χ0n) is 18.1. The van der Waals surface area contributed by atoms with Crippen molar-refractivity contribution in [3.8, 4) is 5.75 Å². The Labute approximate surface area is 193 Å². The Balaban J connectivity index is 1.27. The molecule has 1 aliphatic rings. The summed E-state index contributed by atoms with van der Waals surface area (Å²) in [6.07, 6.45) is 0. The quantitative estimate of drug-likeness (QED) is 0.507. The van der Waals surface area contributed by atoms with E-state index in [4.69, 9.17) is 16.3 Å². The van der Waals surface area contributed by atoms with Gasteiger partial charge in [0, 0.05) is 43.3 Å². The number of aryl methyl sites for hydroxylation is 1. The smallest absolute Gasteiger partial charge is 0.253 e. The number of ether oxygens (including phenoxy) is 1. The van der Waals surface area contributed by atoms with Gasteiger partial charge in [-0.05, 0) is 66.1 Å². The minimum Gasteiger partial charge on any atom is -0.489 e. The van der Waals surface area contributed by atoms with Gasteiger partial charge in [-0.2, -0.15) is 0 Å². The summed E-state index contributed by atoms with van der Waals surface area (Å²) in [5, 5.41) is 0.718. The normalized spacial score (nSPS) is 14.4. The van der Waals surface area contributed by atoms with E-state index < -0.39 is 0 Å². The number of nitrogens with zero attached hydrogens (tertiary/aromatic N) is 2. The highest BCUT2D eigenvalue weighted by molar-refractivity contribution is 6.31. The highest BCUT2D eigenvalue weighted by atomic mass is 35.5. The SMILES string of the molecule is Cc1cc(OCc2ccc(C(=O)N3CCN(Cc4cccc(F)c4)CC3)cc2)ccc1Cl. The summed E-state index contributed by atoms with van der Waals surface area (Å²) < 4.78 is 19.2. The molecule has 0 atom stereocenters. The van der Waals surface area contributed by atoms with Crippen LogP contribution in [0.25, 0.3) is 0 Å². The zero-order valence-corrected chi connectivity index (χ0v) is 18.8. The fourth-order valence-electron chi connectivity index (χ4n) is 3.80. The first-order valence-electron chi connectivity index (χ1n) is 10.7. The fraction of sp³-hybridized carbons (Fsp3) is 0.269. The standard InChI is InChI=1S/C26H26ClFN2O2/c1-19-15-24(9-10-25(19)27)32-18-20-5-7-22(8-6-20)26(31)30-13-11-29(12-14-30)17-21-3-2-4-23(28)16-21/h2-10,15-16H,11-14,17-18H2,1H3. The van der Waals surface area contributed by atoms with Gasteiger partial charge in [-0.3, -0.25) is 9.69 Å². The number of hydrogen-bond acceptors (Lipinski definition) is 3. The van der Waals surface area contributed by atoms with Gasteiger partial charge in [0.15, 0.2) is 0 Å². The van der Waals surface area contributed by atoms with Gasteiger partial charge in [0.1, 0.15) is 18.2 Å². The molecule has 1 amide bonds. The van der Waals surface area contributed by atoms with Gasteiger partial charge in [0.05, 0.1) is 0 Å². The Bertz CT molecular complexity index is 1080. The Kier molecular flexibility index (Phi) is 7.08. The van der Waals surface area contributed by atoms with Crippen LogP contribution >= 0.6 is 11.6 Å². The van der Waals surface area contributed by atoms with Gasteiger partial charge in [-0.1, -0.05) is 35.9 Å². The van der Waals surface area contributed by atoms with Crippen LogP contribution in [-0.2, 0) is 13.2 Å². The van der Waals surface area contributed by atoms with E-state index >= 15 is 0 Å². The molecule has 3 aromatic carbocycles. The number of carbonyl (C=O) groups is 1. The number of hydrogen-bond donors (Lipinski definition) is 0. The Morgan fingerprint density at radius 1 is 0.969 bits per heavy atom. The van der Waals surface area contributed by atoms with Gasteiger partial charge >= 0.3 is 0 Å². The van der Waals surface area contributed by atoms with E-state index in [1.807, 2.05) is 60.4 Å². The number of benzene rings is 3. The second kappa shape index (κ2) is 10.2. The van der Waals surface area contributed by atoms with E-state index in [0.29, 0.717) is 31.8 Å². The average Bonchev–Trinajstić information content (AvgIpc) is 2.80. The molecule has 0 N–H and O–H groups in total. The molecule has 4 rings (SSSR count). The zero-order chi connectivity index (χ0) is 22.5. The van der Waals surface area contributed by atoms with Gasteiger partial charge in [0.25, 0.3) is 5.91 Å². The van der Waals surface area contributed by atoms with Gasteiger partial charge < -0.3 is 9.64 Å². The molecule has 6 heteroatoms. The Hall–Kier alpha value is -2.89. The first-order chi connectivity index (χ1) is 15.5. The third-order valence-electron chi connectivity index (χ3n) is 5.69. The first-order valence-corrected chi connectivity index (χ1v) is 11.1. The van der Waals surface area contributed by atoms with Crippen molar-refractivity contribution in [1.29, 1.82) is 0 Å². The van der Waals surface area contributed by atoms with Crippen LogP contribution in [0.2, 0.25) is 5.02 Å². The molecule has 32 heavy (non-hydrogen) atoms. The summed E-state index contributed by atoms with van der Waals surface area (Å²) in [5.41, 5.74) is 3.60. The number of halogens is 2. The summed E-state index contributed by atoms with van der Waals surface area (Å²) in [6.45, 7) is 5.93. The van der Waals surface area contributed by atoms with Crippen molar-refractivity contribution >= 4 is 17.5 Å². The van der Waals surface area contributed by atoms with Crippen molar-refractivity contribution in [2.45, 2.75) is 20.1 Å². The molecule has 1 aliphatic heterocycles. The average molecular weight is 453 g/mol. The molecule has 1 heterocycles. The van der Waals surface area contributed by atoms with Crippen LogP contribution in [0.1, 0.15) is 27.0 Å². The molecule has 3 aromatic rings. The van der Waals surface area contributed by atoms with Crippen LogP contribution in [0.5, 0.6) is 5.75 Å². The van der Waals surface area contributed by atoms with Crippen molar-refractivity contribution in [2.75, 3.05) is 26.2 Å². The Morgan fingerprint density at radius 2 is 1.72 bits per heavy atom. The maximum Gasteiger partial charge on any atom is 0.253 e. The summed E-state index contributed by atoms with van der Waals surface area (Å²) >= 11 is 6.05. The van der Waals surface area contributed by atoms with Crippen molar-refractivity contribution in [3.05, 3.63) is 99.8 Å². The fourth-order valence-corrected chi connectivity index (χ4v) is 3.92. The molecule has 1 saturated heterocycles. The molecule has 0 saturated carbocycles. The van der Waals surface area contributed by atoms with Crippen molar-refractivity contribution in [2.24, 2.45) is 0 Å². The molecule has 0 bridgehead atoms.